The van der Waals surface area contributed by atoms with E-state index in [1.165, 1.54) is 35.2 Å². The van der Waals surface area contributed by atoms with E-state index < -0.39 is 4.92 Å². The minimum Gasteiger partial charge on any atom is -0.497 e. The van der Waals surface area contributed by atoms with Crippen LogP contribution in [0.1, 0.15) is 0 Å². The van der Waals surface area contributed by atoms with Gasteiger partial charge in [-0.1, -0.05) is 11.3 Å². The lowest BCUT2D eigenvalue weighted by atomic mass is 10.3. The number of nitro groups is 1. The average molecular weight is 389 g/mol. The van der Waals surface area contributed by atoms with E-state index in [-0.39, 0.29) is 17.3 Å². The summed E-state index contributed by atoms with van der Waals surface area (Å²) >= 11 is 2.72. The van der Waals surface area contributed by atoms with E-state index in [1.807, 2.05) is 24.3 Å². The van der Waals surface area contributed by atoms with Crippen molar-refractivity contribution in [3.63, 3.8) is 0 Å². The molecule has 0 bridgehead atoms. The lowest BCUT2D eigenvalue weighted by molar-refractivity contribution is -0.384. The largest absolute Gasteiger partial charge is 0.497 e. The molecular formula is C17H15N3O4S2. The van der Waals surface area contributed by atoms with Crippen molar-refractivity contribution in [1.29, 1.82) is 0 Å². The Morgan fingerprint density at radius 3 is 2.69 bits per heavy atom. The van der Waals surface area contributed by atoms with Gasteiger partial charge >= 0.3 is 0 Å². The number of aromatic nitrogens is 1. The van der Waals surface area contributed by atoms with Crippen molar-refractivity contribution in [1.82, 2.24) is 4.57 Å². The molecule has 134 valence electrons. The number of nitrogens with zero attached hydrogens (tertiary/aromatic N) is 3. The SMILES string of the molecule is COc1ccc(SCC(=O)N=c2sc3ccc([N+](=O)[O-])cc3n2C)cc1. The molecule has 1 aromatic heterocycles. The van der Waals surface area contributed by atoms with E-state index in [4.69, 9.17) is 4.74 Å². The Bertz CT molecular complexity index is 1040. The molecule has 1 heterocycles. The van der Waals surface area contributed by atoms with Gasteiger partial charge in [0.15, 0.2) is 4.80 Å². The molecule has 0 aliphatic rings. The highest BCUT2D eigenvalue weighted by molar-refractivity contribution is 8.00. The van der Waals surface area contributed by atoms with Crippen molar-refractivity contribution in [2.75, 3.05) is 12.9 Å². The van der Waals surface area contributed by atoms with Crippen LogP contribution >= 0.6 is 23.1 Å². The monoisotopic (exact) mass is 389 g/mol. The predicted molar refractivity (Wildman–Crippen MR) is 102 cm³/mol. The number of non-ortho nitro benzene ring substituents is 1. The third kappa shape index (κ3) is 3.94. The number of amides is 1. The average Bonchev–Trinajstić information content (AvgIpc) is 2.95. The van der Waals surface area contributed by atoms with Crippen molar-refractivity contribution >= 4 is 44.9 Å². The number of ether oxygens (including phenoxy) is 1. The molecule has 3 aromatic rings. The number of thiazole rings is 1. The topological polar surface area (TPSA) is 86.7 Å². The zero-order chi connectivity index (χ0) is 18.7. The van der Waals surface area contributed by atoms with E-state index in [0.717, 1.165) is 15.3 Å². The molecule has 0 aliphatic heterocycles. The summed E-state index contributed by atoms with van der Waals surface area (Å²) < 4.78 is 7.64. The van der Waals surface area contributed by atoms with Gasteiger partial charge in [-0.2, -0.15) is 4.99 Å². The number of hydrogen-bond donors (Lipinski definition) is 0. The number of hydrogen-bond acceptors (Lipinski definition) is 6. The third-order valence-corrected chi connectivity index (χ3v) is 5.75. The van der Waals surface area contributed by atoms with E-state index >= 15 is 0 Å². The van der Waals surface area contributed by atoms with Gasteiger partial charge in [-0.15, -0.1) is 11.8 Å². The molecule has 0 spiro atoms. The van der Waals surface area contributed by atoms with Gasteiger partial charge in [0.1, 0.15) is 5.75 Å². The first-order chi connectivity index (χ1) is 12.5. The number of benzene rings is 2. The molecule has 0 aliphatic carbocycles. The summed E-state index contributed by atoms with van der Waals surface area (Å²) in [6, 6.07) is 12.1. The third-order valence-electron chi connectivity index (χ3n) is 3.64. The lowest BCUT2D eigenvalue weighted by Crippen LogP contribution is -2.14. The molecule has 3 rings (SSSR count). The highest BCUT2D eigenvalue weighted by atomic mass is 32.2. The van der Waals surface area contributed by atoms with E-state index in [2.05, 4.69) is 4.99 Å². The van der Waals surface area contributed by atoms with Crippen LogP contribution in [0.5, 0.6) is 5.75 Å². The molecule has 2 aromatic carbocycles. The van der Waals surface area contributed by atoms with Gasteiger partial charge in [-0.25, -0.2) is 0 Å². The summed E-state index contributed by atoms with van der Waals surface area (Å²) in [7, 11) is 3.34. The molecule has 0 saturated heterocycles. The fraction of sp³-hybridized carbons (Fsp3) is 0.176. The van der Waals surface area contributed by atoms with Crippen LogP contribution in [-0.2, 0) is 11.8 Å². The predicted octanol–water partition coefficient (Wildman–Crippen LogP) is 3.38. The number of carbonyl (C=O) groups excluding carboxylic acids is 1. The minimum atomic E-state index is -0.440. The Kier molecular flexibility index (Phi) is 5.38. The Balaban J connectivity index is 1.78. The molecule has 0 unspecified atom stereocenters. The molecule has 1 amide bonds. The van der Waals surface area contributed by atoms with Crippen molar-refractivity contribution in [3.8, 4) is 5.75 Å². The highest BCUT2D eigenvalue weighted by Gasteiger charge is 2.11. The van der Waals surface area contributed by atoms with E-state index in [1.54, 1.807) is 24.8 Å². The number of rotatable bonds is 5. The first-order valence-electron chi connectivity index (χ1n) is 7.56. The second-order valence-corrected chi connectivity index (χ2v) is 7.38. The van der Waals surface area contributed by atoms with Gasteiger partial charge in [-0.3, -0.25) is 14.9 Å². The summed E-state index contributed by atoms with van der Waals surface area (Å²) in [6.07, 6.45) is 0. The number of nitro benzene ring substituents is 1. The van der Waals surface area contributed by atoms with Crippen molar-refractivity contribution in [2.45, 2.75) is 4.90 Å². The standard InChI is InChI=1S/C17H15N3O4S2/c1-19-14-9-11(20(22)23)3-8-15(14)26-17(19)18-16(21)10-25-13-6-4-12(24-2)5-7-13/h3-9H,10H2,1-2H3. The van der Waals surface area contributed by atoms with Gasteiger partial charge in [0, 0.05) is 24.1 Å². The maximum absolute atomic E-state index is 12.2. The molecule has 0 N–H and O–H groups in total. The number of thioether (sulfide) groups is 1. The molecule has 7 nitrogen and oxygen atoms in total. The second-order valence-electron chi connectivity index (χ2n) is 5.32. The number of methoxy groups -OCH3 is 1. The van der Waals surface area contributed by atoms with Crippen molar-refractivity contribution in [3.05, 3.63) is 57.4 Å². The number of carbonyl (C=O) groups is 1. The fourth-order valence-corrected chi connectivity index (χ4v) is 3.99. The maximum atomic E-state index is 12.2. The van der Waals surface area contributed by atoms with Gasteiger partial charge in [0.25, 0.3) is 11.6 Å². The summed E-state index contributed by atoms with van der Waals surface area (Å²) in [5.41, 5.74) is 0.692. The zero-order valence-electron chi connectivity index (χ0n) is 14.0. The van der Waals surface area contributed by atoms with Crippen LogP contribution in [0.2, 0.25) is 0 Å². The first-order valence-corrected chi connectivity index (χ1v) is 9.36. The zero-order valence-corrected chi connectivity index (χ0v) is 15.7. The Labute approximate surface area is 157 Å². The van der Waals surface area contributed by atoms with Gasteiger partial charge in [0.05, 0.1) is 28.0 Å². The van der Waals surface area contributed by atoms with Crippen LogP contribution in [-0.4, -0.2) is 28.3 Å². The van der Waals surface area contributed by atoms with Crippen LogP contribution in [0.25, 0.3) is 10.2 Å². The van der Waals surface area contributed by atoms with Gasteiger partial charge in [0.2, 0.25) is 0 Å². The van der Waals surface area contributed by atoms with Crippen LogP contribution in [0.3, 0.4) is 0 Å². The summed E-state index contributed by atoms with van der Waals surface area (Å²) in [5, 5.41) is 10.9. The molecule has 0 radical (unpaired) electrons. The number of fused-ring (bicyclic) bond motifs is 1. The molecule has 0 saturated carbocycles. The van der Waals surface area contributed by atoms with Crippen LogP contribution in [0.15, 0.2) is 52.4 Å². The second kappa shape index (κ2) is 7.71. The van der Waals surface area contributed by atoms with E-state index in [9.17, 15) is 14.9 Å². The minimum absolute atomic E-state index is 0.0128. The fourth-order valence-electron chi connectivity index (χ4n) is 2.29. The van der Waals surface area contributed by atoms with Crippen molar-refractivity contribution in [2.24, 2.45) is 12.0 Å². The molecule has 0 atom stereocenters. The number of aryl methyl sites for hydroxylation is 1. The van der Waals surface area contributed by atoms with Gasteiger partial charge < -0.3 is 9.30 Å². The molecule has 9 heteroatoms. The van der Waals surface area contributed by atoms with Gasteiger partial charge in [-0.05, 0) is 30.3 Å². The summed E-state index contributed by atoms with van der Waals surface area (Å²) in [5.74, 6) is 0.708. The Hall–Kier alpha value is -2.65. The first kappa shape index (κ1) is 18.2. The van der Waals surface area contributed by atoms with Crippen LogP contribution in [0.4, 0.5) is 5.69 Å². The van der Waals surface area contributed by atoms with E-state index in [0.29, 0.717) is 10.3 Å². The van der Waals surface area contributed by atoms with Crippen LogP contribution < -0.4 is 9.54 Å². The van der Waals surface area contributed by atoms with Crippen LogP contribution in [0, 0.1) is 10.1 Å². The maximum Gasteiger partial charge on any atom is 0.271 e. The lowest BCUT2D eigenvalue weighted by Gasteiger charge is -2.01. The Morgan fingerprint density at radius 2 is 2.04 bits per heavy atom. The molecule has 0 fully saturated rings. The molecule has 26 heavy (non-hydrogen) atoms. The highest BCUT2D eigenvalue weighted by Crippen LogP contribution is 2.23. The smallest absolute Gasteiger partial charge is 0.271 e. The Morgan fingerprint density at radius 1 is 1.31 bits per heavy atom. The quantitative estimate of drug-likeness (QED) is 0.379. The van der Waals surface area contributed by atoms with Crippen molar-refractivity contribution < 1.29 is 14.5 Å². The summed E-state index contributed by atoms with van der Waals surface area (Å²) in [6.45, 7) is 0. The normalized spacial score (nSPS) is 11.7. The summed E-state index contributed by atoms with van der Waals surface area (Å²) in [4.78, 5) is 28.3. The molecular weight excluding hydrogens is 374 g/mol.